The Kier molecular flexibility index (Phi) is 3.50. The van der Waals surface area contributed by atoms with E-state index in [4.69, 9.17) is 0 Å². The molecule has 1 amide bonds. The van der Waals surface area contributed by atoms with Gasteiger partial charge in [0.15, 0.2) is 5.69 Å². The molecule has 0 aliphatic carbocycles. The quantitative estimate of drug-likeness (QED) is 0.880. The maximum Gasteiger partial charge on any atom is 0.416 e. The number of amides is 1. The van der Waals surface area contributed by atoms with Gasteiger partial charge < -0.3 is 4.90 Å². The molecule has 120 valence electrons. The van der Waals surface area contributed by atoms with Crippen LogP contribution in [0.5, 0.6) is 0 Å². The van der Waals surface area contributed by atoms with Crippen molar-refractivity contribution in [2.75, 3.05) is 6.54 Å². The van der Waals surface area contributed by atoms with Crippen molar-refractivity contribution in [2.45, 2.75) is 19.1 Å². The van der Waals surface area contributed by atoms with Gasteiger partial charge in [-0.2, -0.15) is 18.3 Å². The smallest absolute Gasteiger partial charge is 0.322 e. The van der Waals surface area contributed by atoms with Crippen LogP contribution in [0.15, 0.2) is 36.9 Å². The minimum absolute atomic E-state index is 0.232. The van der Waals surface area contributed by atoms with Crippen LogP contribution >= 0.6 is 0 Å². The van der Waals surface area contributed by atoms with Crippen LogP contribution in [-0.4, -0.2) is 27.5 Å². The van der Waals surface area contributed by atoms with E-state index < -0.39 is 17.8 Å². The predicted molar refractivity (Wildman–Crippen MR) is 77.8 cm³/mol. The lowest BCUT2D eigenvalue weighted by Crippen LogP contribution is -2.29. The summed E-state index contributed by atoms with van der Waals surface area (Å²) < 4.78 is 38.9. The number of halogens is 3. The Morgan fingerprint density at radius 3 is 2.83 bits per heavy atom. The fourth-order valence-corrected chi connectivity index (χ4v) is 2.90. The van der Waals surface area contributed by atoms with Crippen molar-refractivity contribution in [3.63, 3.8) is 0 Å². The van der Waals surface area contributed by atoms with Crippen molar-refractivity contribution in [1.82, 2.24) is 15.1 Å². The first-order valence-electron chi connectivity index (χ1n) is 6.98. The highest BCUT2D eigenvalue weighted by atomic mass is 19.4. The van der Waals surface area contributed by atoms with Crippen LogP contribution < -0.4 is 0 Å². The Morgan fingerprint density at radius 1 is 1.43 bits per heavy atom. The number of fused-ring (bicyclic) bond motifs is 1. The first-order valence-corrected chi connectivity index (χ1v) is 6.98. The number of nitrogens with zero attached hydrogens (tertiary/aromatic N) is 2. The molecule has 1 aromatic carbocycles. The maximum atomic E-state index is 13.0. The van der Waals surface area contributed by atoms with E-state index in [1.54, 1.807) is 19.1 Å². The standard InChI is InChI=1S/C16H14F3N3O/c1-3-7-22-14(12-9(2)20-21-13(12)15(22)23)10-5-4-6-11(8-10)16(17,18)19/h3-6,8,14H,1,7H2,2H3,(H,20,21). The summed E-state index contributed by atoms with van der Waals surface area (Å²) in [7, 11) is 0. The molecule has 1 aliphatic heterocycles. The number of benzene rings is 1. The third-order valence-corrected chi connectivity index (χ3v) is 3.90. The molecule has 2 aromatic rings. The number of aryl methyl sites for hydroxylation is 1. The van der Waals surface area contributed by atoms with Crippen molar-refractivity contribution in [1.29, 1.82) is 0 Å². The number of rotatable bonds is 3. The van der Waals surface area contributed by atoms with E-state index in [-0.39, 0.29) is 18.1 Å². The molecule has 1 aromatic heterocycles. The van der Waals surface area contributed by atoms with E-state index in [2.05, 4.69) is 16.8 Å². The van der Waals surface area contributed by atoms with E-state index in [0.717, 1.165) is 12.1 Å². The Balaban J connectivity index is 2.14. The number of carbonyl (C=O) groups excluding carboxylic acids is 1. The zero-order valence-electron chi connectivity index (χ0n) is 12.3. The molecule has 1 atom stereocenters. The molecular weight excluding hydrogens is 307 g/mol. The fourth-order valence-electron chi connectivity index (χ4n) is 2.90. The molecule has 2 heterocycles. The number of hydrogen-bond acceptors (Lipinski definition) is 2. The number of carbonyl (C=O) groups is 1. The van der Waals surface area contributed by atoms with Crippen LogP contribution in [0.2, 0.25) is 0 Å². The summed E-state index contributed by atoms with van der Waals surface area (Å²) in [6.45, 7) is 5.59. The largest absolute Gasteiger partial charge is 0.416 e. The van der Waals surface area contributed by atoms with Gasteiger partial charge in [-0.3, -0.25) is 9.89 Å². The molecule has 23 heavy (non-hydrogen) atoms. The highest BCUT2D eigenvalue weighted by Crippen LogP contribution is 2.40. The number of hydrogen-bond donors (Lipinski definition) is 1. The number of alkyl halides is 3. The summed E-state index contributed by atoms with van der Waals surface area (Å²) in [5.74, 6) is -0.313. The van der Waals surface area contributed by atoms with Crippen molar-refractivity contribution in [2.24, 2.45) is 0 Å². The Labute approximate surface area is 130 Å². The second-order valence-electron chi connectivity index (χ2n) is 5.38. The molecular formula is C16H14F3N3O. The van der Waals surface area contributed by atoms with Crippen molar-refractivity contribution in [3.05, 3.63) is 65.0 Å². The van der Waals surface area contributed by atoms with Crippen LogP contribution in [0.3, 0.4) is 0 Å². The van der Waals surface area contributed by atoms with Crippen molar-refractivity contribution >= 4 is 5.91 Å². The van der Waals surface area contributed by atoms with Gasteiger partial charge in [0.25, 0.3) is 5.91 Å². The van der Waals surface area contributed by atoms with Crippen LogP contribution in [0.25, 0.3) is 0 Å². The third kappa shape index (κ3) is 2.42. The van der Waals surface area contributed by atoms with Crippen LogP contribution in [0, 0.1) is 6.92 Å². The highest BCUT2D eigenvalue weighted by molar-refractivity contribution is 5.98. The predicted octanol–water partition coefficient (Wildman–Crippen LogP) is 3.47. The number of nitrogens with one attached hydrogen (secondary N) is 1. The second-order valence-corrected chi connectivity index (χ2v) is 5.38. The number of aromatic amines is 1. The van der Waals surface area contributed by atoms with Gasteiger partial charge in [-0.25, -0.2) is 0 Å². The van der Waals surface area contributed by atoms with Gasteiger partial charge in [-0.15, -0.1) is 6.58 Å². The first kappa shape index (κ1) is 15.3. The summed E-state index contributed by atoms with van der Waals surface area (Å²) in [5.41, 5.74) is 1.21. The van der Waals surface area contributed by atoms with E-state index in [1.807, 2.05) is 0 Å². The minimum atomic E-state index is -4.43. The van der Waals surface area contributed by atoms with Gasteiger partial charge in [-0.05, 0) is 24.6 Å². The SMILES string of the molecule is C=CCN1C(=O)c2n[nH]c(C)c2C1c1cccc(C(F)(F)F)c1. The van der Waals surface area contributed by atoms with Crippen molar-refractivity contribution < 1.29 is 18.0 Å². The van der Waals surface area contributed by atoms with E-state index in [0.29, 0.717) is 16.8 Å². The lowest BCUT2D eigenvalue weighted by atomic mass is 9.97. The maximum absolute atomic E-state index is 13.0. The Hall–Kier alpha value is -2.57. The Bertz CT molecular complexity index is 779. The number of aromatic nitrogens is 2. The molecule has 0 fully saturated rings. The van der Waals surface area contributed by atoms with E-state index in [1.165, 1.54) is 11.0 Å². The first-order chi connectivity index (χ1) is 10.8. The summed E-state index contributed by atoms with van der Waals surface area (Å²) >= 11 is 0. The Morgan fingerprint density at radius 2 is 2.17 bits per heavy atom. The third-order valence-electron chi connectivity index (χ3n) is 3.90. The van der Waals surface area contributed by atoms with E-state index in [9.17, 15) is 18.0 Å². The second kappa shape index (κ2) is 5.26. The summed E-state index contributed by atoms with van der Waals surface area (Å²) in [4.78, 5) is 13.9. The minimum Gasteiger partial charge on any atom is -0.322 e. The highest BCUT2D eigenvalue weighted by Gasteiger charge is 2.41. The van der Waals surface area contributed by atoms with Gasteiger partial charge in [0.05, 0.1) is 11.6 Å². The average Bonchev–Trinajstić information content (AvgIpc) is 2.99. The van der Waals surface area contributed by atoms with Gasteiger partial charge in [0.2, 0.25) is 0 Å². The van der Waals surface area contributed by atoms with Gasteiger partial charge in [0, 0.05) is 17.8 Å². The lowest BCUT2D eigenvalue weighted by Gasteiger charge is -2.25. The summed E-state index contributed by atoms with van der Waals surface area (Å²) in [6.07, 6.45) is -2.89. The molecule has 0 saturated carbocycles. The molecule has 4 nitrogen and oxygen atoms in total. The molecule has 0 spiro atoms. The van der Waals surface area contributed by atoms with Gasteiger partial charge in [-0.1, -0.05) is 18.2 Å². The fraction of sp³-hybridized carbons (Fsp3) is 0.250. The lowest BCUT2D eigenvalue weighted by molar-refractivity contribution is -0.137. The number of H-pyrrole nitrogens is 1. The summed E-state index contributed by atoms with van der Waals surface area (Å²) in [5, 5.41) is 6.72. The van der Waals surface area contributed by atoms with Gasteiger partial charge in [0.1, 0.15) is 0 Å². The normalized spacial score (nSPS) is 17.5. The topological polar surface area (TPSA) is 49.0 Å². The average molecular weight is 321 g/mol. The van der Waals surface area contributed by atoms with Crippen LogP contribution in [0.4, 0.5) is 13.2 Å². The molecule has 0 saturated heterocycles. The van der Waals surface area contributed by atoms with Crippen LogP contribution in [-0.2, 0) is 6.18 Å². The molecule has 7 heteroatoms. The van der Waals surface area contributed by atoms with Gasteiger partial charge >= 0.3 is 6.18 Å². The zero-order chi connectivity index (χ0) is 16.8. The molecule has 3 rings (SSSR count). The summed E-state index contributed by atoms with van der Waals surface area (Å²) in [6, 6.07) is 4.43. The molecule has 1 unspecified atom stereocenters. The molecule has 1 N–H and O–H groups in total. The molecule has 0 bridgehead atoms. The van der Waals surface area contributed by atoms with Crippen molar-refractivity contribution in [3.8, 4) is 0 Å². The zero-order valence-corrected chi connectivity index (χ0v) is 12.3. The monoisotopic (exact) mass is 321 g/mol. The molecule has 1 aliphatic rings. The van der Waals surface area contributed by atoms with E-state index >= 15 is 0 Å². The van der Waals surface area contributed by atoms with Crippen LogP contribution in [0.1, 0.15) is 38.9 Å². The molecule has 0 radical (unpaired) electrons.